The van der Waals surface area contributed by atoms with Crippen molar-refractivity contribution in [1.82, 2.24) is 24.8 Å². The highest BCUT2D eigenvalue weighted by Crippen LogP contribution is 2.32. The van der Waals surface area contributed by atoms with Gasteiger partial charge in [-0.15, -0.1) is 0 Å². The lowest BCUT2D eigenvalue weighted by Crippen LogP contribution is -2.43. The zero-order valence-electron chi connectivity index (χ0n) is 18.6. The molecular weight excluding hydrogens is 448 g/mol. The first-order valence-electron chi connectivity index (χ1n) is 11.7. The number of benzene rings is 1. The van der Waals surface area contributed by atoms with Crippen LogP contribution in [-0.2, 0) is 0 Å². The molecule has 1 aliphatic carbocycles. The van der Waals surface area contributed by atoms with Crippen molar-refractivity contribution in [2.45, 2.75) is 31.7 Å². The van der Waals surface area contributed by atoms with Crippen LogP contribution in [0.2, 0.25) is 0 Å². The van der Waals surface area contributed by atoms with E-state index in [2.05, 4.69) is 26.6 Å². The van der Waals surface area contributed by atoms with E-state index < -0.39 is 0 Å². The standard InChI is InChI=1S/C24H24N8OS/c25-13-15-11-16-14-27-23(30-21(16)32(22(15)33)18-3-1-2-4-18)28-17-5-6-20-19(12-17)29-24(34-20)31-9-7-26-8-10-31/h5-6,11-12,14,18,26H,1-4,7-10H2,(H,27,28,30). The van der Waals surface area contributed by atoms with Crippen LogP contribution in [-0.4, -0.2) is 45.7 Å². The Morgan fingerprint density at radius 1 is 1.15 bits per heavy atom. The maximum atomic E-state index is 13.0. The van der Waals surface area contributed by atoms with Gasteiger partial charge >= 0.3 is 0 Å². The Morgan fingerprint density at radius 2 is 1.97 bits per heavy atom. The molecule has 2 aliphatic rings. The number of hydrogen-bond donors (Lipinski definition) is 2. The molecule has 0 bridgehead atoms. The molecule has 6 rings (SSSR count). The predicted octanol–water partition coefficient (Wildman–Crippen LogP) is 3.54. The van der Waals surface area contributed by atoms with Crippen LogP contribution in [0.3, 0.4) is 0 Å². The molecule has 3 aromatic heterocycles. The molecular formula is C24H24N8OS. The highest BCUT2D eigenvalue weighted by Gasteiger charge is 2.23. The van der Waals surface area contributed by atoms with Crippen molar-refractivity contribution in [3.63, 3.8) is 0 Å². The summed E-state index contributed by atoms with van der Waals surface area (Å²) in [6, 6.07) is 9.76. The van der Waals surface area contributed by atoms with Crippen molar-refractivity contribution in [3.05, 3.63) is 46.4 Å². The number of fused-ring (bicyclic) bond motifs is 2. The zero-order valence-corrected chi connectivity index (χ0v) is 19.4. The second kappa shape index (κ2) is 8.66. The summed E-state index contributed by atoms with van der Waals surface area (Å²) in [5.41, 5.74) is 2.22. The summed E-state index contributed by atoms with van der Waals surface area (Å²) >= 11 is 1.71. The minimum absolute atomic E-state index is 0.0702. The Bertz CT molecular complexity index is 1470. The molecule has 0 spiro atoms. The molecule has 0 amide bonds. The molecule has 0 atom stereocenters. The van der Waals surface area contributed by atoms with Crippen molar-refractivity contribution in [2.24, 2.45) is 0 Å². The maximum Gasteiger partial charge on any atom is 0.270 e. The summed E-state index contributed by atoms with van der Waals surface area (Å²) < 4.78 is 2.84. The first kappa shape index (κ1) is 21.0. The Morgan fingerprint density at radius 3 is 2.76 bits per heavy atom. The lowest BCUT2D eigenvalue weighted by atomic mass is 10.2. The van der Waals surface area contributed by atoms with Crippen molar-refractivity contribution < 1.29 is 0 Å². The molecule has 1 aromatic carbocycles. The summed E-state index contributed by atoms with van der Waals surface area (Å²) in [5, 5.41) is 17.8. The van der Waals surface area contributed by atoms with Gasteiger partial charge in [0.15, 0.2) is 5.13 Å². The van der Waals surface area contributed by atoms with Crippen molar-refractivity contribution in [2.75, 3.05) is 36.4 Å². The fourth-order valence-electron chi connectivity index (χ4n) is 4.88. The first-order chi connectivity index (χ1) is 16.7. The molecule has 10 heteroatoms. The molecule has 0 unspecified atom stereocenters. The van der Waals surface area contributed by atoms with Crippen molar-refractivity contribution in [3.8, 4) is 6.07 Å². The Labute approximate surface area is 200 Å². The van der Waals surface area contributed by atoms with E-state index >= 15 is 0 Å². The third kappa shape index (κ3) is 3.77. The highest BCUT2D eigenvalue weighted by molar-refractivity contribution is 7.22. The molecule has 9 nitrogen and oxygen atoms in total. The van der Waals surface area contributed by atoms with Gasteiger partial charge in [0.1, 0.15) is 17.3 Å². The molecule has 4 heterocycles. The molecule has 172 valence electrons. The van der Waals surface area contributed by atoms with E-state index in [1.54, 1.807) is 28.2 Å². The van der Waals surface area contributed by atoms with E-state index in [4.69, 9.17) is 9.97 Å². The third-order valence-corrected chi connectivity index (χ3v) is 7.70. The average molecular weight is 473 g/mol. The number of nitrogens with one attached hydrogen (secondary N) is 2. The van der Waals surface area contributed by atoms with Gasteiger partial charge in [-0.3, -0.25) is 9.36 Å². The van der Waals surface area contributed by atoms with Gasteiger partial charge in [-0.25, -0.2) is 9.97 Å². The van der Waals surface area contributed by atoms with E-state index in [0.717, 1.165) is 72.9 Å². The van der Waals surface area contributed by atoms with Crippen molar-refractivity contribution in [1.29, 1.82) is 5.26 Å². The lowest BCUT2D eigenvalue weighted by molar-refractivity contribution is 0.515. The number of piperazine rings is 1. The van der Waals surface area contributed by atoms with Crippen LogP contribution >= 0.6 is 11.3 Å². The second-order valence-electron chi connectivity index (χ2n) is 8.80. The van der Waals surface area contributed by atoms with Gasteiger partial charge < -0.3 is 15.5 Å². The molecule has 2 fully saturated rings. The normalized spacial score (nSPS) is 16.9. The van der Waals surface area contributed by atoms with Crippen LogP contribution in [0.25, 0.3) is 21.3 Å². The molecule has 1 saturated carbocycles. The fraction of sp³-hybridized carbons (Fsp3) is 0.375. The predicted molar refractivity (Wildman–Crippen MR) is 134 cm³/mol. The molecule has 1 saturated heterocycles. The third-order valence-electron chi connectivity index (χ3n) is 6.60. The Balaban J connectivity index is 1.35. The number of nitrogens with zero attached hydrogens (tertiary/aromatic N) is 6. The Kier molecular flexibility index (Phi) is 5.36. The smallest absolute Gasteiger partial charge is 0.270 e. The summed E-state index contributed by atoms with van der Waals surface area (Å²) in [6.45, 7) is 3.88. The quantitative estimate of drug-likeness (QED) is 0.464. The van der Waals surface area contributed by atoms with E-state index in [1.165, 1.54) is 0 Å². The largest absolute Gasteiger partial charge is 0.346 e. The van der Waals surface area contributed by atoms with Gasteiger partial charge in [-0.2, -0.15) is 10.2 Å². The number of anilines is 3. The summed E-state index contributed by atoms with van der Waals surface area (Å²) in [5.74, 6) is 0.417. The minimum Gasteiger partial charge on any atom is -0.346 e. The van der Waals surface area contributed by atoms with E-state index in [-0.39, 0.29) is 17.2 Å². The summed E-state index contributed by atoms with van der Waals surface area (Å²) in [4.78, 5) is 29.3. The second-order valence-corrected chi connectivity index (χ2v) is 9.81. The monoisotopic (exact) mass is 472 g/mol. The van der Waals surface area contributed by atoms with E-state index in [9.17, 15) is 10.1 Å². The zero-order chi connectivity index (χ0) is 23.1. The summed E-state index contributed by atoms with van der Waals surface area (Å²) in [7, 11) is 0. The van der Waals surface area contributed by atoms with Gasteiger partial charge in [0.05, 0.1) is 10.2 Å². The average Bonchev–Trinajstić information content (AvgIpc) is 3.54. The molecule has 0 radical (unpaired) electrons. The van der Waals surface area contributed by atoms with Gasteiger partial charge in [-0.1, -0.05) is 24.2 Å². The van der Waals surface area contributed by atoms with Crippen LogP contribution in [0.15, 0.2) is 35.3 Å². The molecule has 2 N–H and O–H groups in total. The van der Waals surface area contributed by atoms with Gasteiger partial charge in [0.25, 0.3) is 5.56 Å². The van der Waals surface area contributed by atoms with E-state index in [1.807, 2.05) is 18.2 Å². The van der Waals surface area contributed by atoms with Crippen molar-refractivity contribution >= 4 is 49.4 Å². The Hall–Kier alpha value is -3.55. The number of rotatable bonds is 4. The fourth-order valence-corrected chi connectivity index (χ4v) is 5.87. The molecule has 1 aliphatic heterocycles. The number of nitriles is 1. The molecule has 4 aromatic rings. The minimum atomic E-state index is -0.268. The maximum absolute atomic E-state index is 13.0. The van der Waals surface area contributed by atoms with Crippen LogP contribution in [0, 0.1) is 11.3 Å². The van der Waals surface area contributed by atoms with E-state index in [0.29, 0.717) is 17.0 Å². The van der Waals surface area contributed by atoms with Gasteiger partial charge in [0, 0.05) is 49.5 Å². The van der Waals surface area contributed by atoms with Crippen LogP contribution in [0.5, 0.6) is 0 Å². The number of pyridine rings is 1. The lowest BCUT2D eigenvalue weighted by Gasteiger charge is -2.26. The molecule has 34 heavy (non-hydrogen) atoms. The van der Waals surface area contributed by atoms with Gasteiger partial charge in [-0.05, 0) is 37.1 Å². The number of hydrogen-bond acceptors (Lipinski definition) is 9. The first-order valence-corrected chi connectivity index (χ1v) is 12.5. The van der Waals surface area contributed by atoms with Crippen LogP contribution in [0.4, 0.5) is 16.8 Å². The summed E-state index contributed by atoms with van der Waals surface area (Å²) in [6.07, 6.45) is 5.68. The topological polar surface area (TPSA) is 112 Å². The highest BCUT2D eigenvalue weighted by atomic mass is 32.1. The number of aromatic nitrogens is 4. The van der Waals surface area contributed by atoms with Crippen LogP contribution in [0.1, 0.15) is 37.3 Å². The van der Waals surface area contributed by atoms with Crippen LogP contribution < -0.4 is 21.1 Å². The number of thiazole rings is 1. The van der Waals surface area contributed by atoms with Gasteiger partial charge in [0.2, 0.25) is 5.95 Å². The SMILES string of the molecule is N#Cc1cc2cnc(Nc3ccc4sc(N5CCNCC5)nc4c3)nc2n(C2CCCC2)c1=O.